The molecule has 0 unspecified atom stereocenters. The average molecular weight is 984 g/mol. The first-order valence-electron chi connectivity index (χ1n) is 31.0. The van der Waals surface area contributed by atoms with Crippen molar-refractivity contribution in [3.8, 4) is 0 Å². The predicted molar refractivity (Wildman–Crippen MR) is 302 cm³/mol. The molecule has 0 aromatic carbocycles. The first kappa shape index (κ1) is 67.6. The Morgan fingerprint density at radius 2 is 0.514 bits per heavy atom. The molecule has 0 aliphatic heterocycles. The lowest BCUT2D eigenvalue weighted by molar-refractivity contribution is -0.167. The van der Waals surface area contributed by atoms with Gasteiger partial charge < -0.3 is 14.2 Å². The molecule has 410 valence electrons. The van der Waals surface area contributed by atoms with Crippen LogP contribution in [0.25, 0.3) is 0 Å². The van der Waals surface area contributed by atoms with Crippen molar-refractivity contribution in [3.63, 3.8) is 0 Å². The monoisotopic (exact) mass is 983 g/mol. The third-order valence-corrected chi connectivity index (χ3v) is 13.9. The molecule has 0 aliphatic carbocycles. The number of carbonyl (C=O) groups excluding carboxylic acids is 3. The van der Waals surface area contributed by atoms with E-state index in [-0.39, 0.29) is 31.1 Å². The fourth-order valence-corrected chi connectivity index (χ4v) is 9.18. The standard InChI is InChI=1S/C64H118O6/c1-4-7-10-13-16-19-22-25-28-31-32-34-36-39-42-45-48-51-54-57-63(66)69-60-61(59-68-62(65)56-53-50-47-44-41-38-35-30-27-24-21-18-15-12-9-6-3)70-64(67)58-55-52-49-46-43-40-37-33-29-26-23-20-17-14-11-8-5-2/h17,20,26,29,31-32,61H,4-16,18-19,21-25,27-28,30,33-60H2,1-3H3/b20-17-,29-26-,32-31-/t61-/m1/s1. The molecule has 70 heavy (non-hydrogen) atoms. The molecule has 0 N–H and O–H groups in total. The molecule has 0 bridgehead atoms. The van der Waals surface area contributed by atoms with E-state index < -0.39 is 6.10 Å². The molecule has 6 nitrogen and oxygen atoms in total. The average Bonchev–Trinajstić information content (AvgIpc) is 3.36. The summed E-state index contributed by atoms with van der Waals surface area (Å²) in [6, 6.07) is 0. The van der Waals surface area contributed by atoms with E-state index in [4.69, 9.17) is 14.2 Å². The Balaban J connectivity index is 4.35. The Morgan fingerprint density at radius 3 is 0.829 bits per heavy atom. The van der Waals surface area contributed by atoms with E-state index in [2.05, 4.69) is 57.2 Å². The summed E-state index contributed by atoms with van der Waals surface area (Å²) in [7, 11) is 0. The van der Waals surface area contributed by atoms with Crippen LogP contribution < -0.4 is 0 Å². The van der Waals surface area contributed by atoms with Crippen molar-refractivity contribution < 1.29 is 28.6 Å². The molecule has 0 rings (SSSR count). The summed E-state index contributed by atoms with van der Waals surface area (Å²) < 4.78 is 16.9. The van der Waals surface area contributed by atoms with Crippen LogP contribution in [-0.2, 0) is 28.6 Å². The molecule has 1 atom stereocenters. The van der Waals surface area contributed by atoms with Crippen LogP contribution in [0.5, 0.6) is 0 Å². The molecule has 0 heterocycles. The molecule has 0 fully saturated rings. The molecular formula is C64H118O6. The molecule has 0 amide bonds. The Kier molecular flexibility index (Phi) is 57.2. The normalized spacial score (nSPS) is 12.2. The van der Waals surface area contributed by atoms with E-state index in [1.807, 2.05) is 0 Å². The van der Waals surface area contributed by atoms with Crippen molar-refractivity contribution >= 4 is 17.9 Å². The van der Waals surface area contributed by atoms with Crippen LogP contribution in [-0.4, -0.2) is 37.2 Å². The number of hydrogen-bond donors (Lipinski definition) is 0. The zero-order valence-electron chi connectivity index (χ0n) is 47.1. The molecule has 0 aromatic rings. The summed E-state index contributed by atoms with van der Waals surface area (Å²) in [5.41, 5.74) is 0. The van der Waals surface area contributed by atoms with Crippen LogP contribution in [0.3, 0.4) is 0 Å². The van der Waals surface area contributed by atoms with E-state index in [0.29, 0.717) is 19.3 Å². The second kappa shape index (κ2) is 59.2. The summed E-state index contributed by atoms with van der Waals surface area (Å²) in [4.78, 5) is 38.3. The molecule has 0 radical (unpaired) electrons. The zero-order valence-corrected chi connectivity index (χ0v) is 47.1. The minimum absolute atomic E-state index is 0.0727. The van der Waals surface area contributed by atoms with Crippen LogP contribution in [0, 0.1) is 0 Å². The predicted octanol–water partition coefficient (Wildman–Crippen LogP) is 20.8. The van der Waals surface area contributed by atoms with E-state index in [0.717, 1.165) is 70.6 Å². The summed E-state index contributed by atoms with van der Waals surface area (Å²) in [6.45, 7) is 6.66. The Bertz CT molecular complexity index is 1170. The van der Waals surface area contributed by atoms with E-state index >= 15 is 0 Å². The summed E-state index contributed by atoms with van der Waals surface area (Å²) >= 11 is 0. The van der Waals surface area contributed by atoms with Crippen LogP contribution in [0.4, 0.5) is 0 Å². The molecule has 0 saturated carbocycles. The van der Waals surface area contributed by atoms with Crippen molar-refractivity contribution in [2.45, 2.75) is 341 Å². The lowest BCUT2D eigenvalue weighted by Gasteiger charge is -2.18. The molecular weight excluding hydrogens is 865 g/mol. The first-order chi connectivity index (χ1) is 34.5. The molecule has 0 saturated heterocycles. The van der Waals surface area contributed by atoms with Crippen molar-refractivity contribution in [3.05, 3.63) is 36.5 Å². The Hall–Kier alpha value is -2.37. The number of carbonyl (C=O) groups is 3. The fraction of sp³-hybridized carbons (Fsp3) is 0.859. The van der Waals surface area contributed by atoms with E-state index in [1.54, 1.807) is 0 Å². The van der Waals surface area contributed by atoms with Crippen molar-refractivity contribution in [1.82, 2.24) is 0 Å². The largest absolute Gasteiger partial charge is 0.462 e. The topological polar surface area (TPSA) is 78.9 Å². The molecule has 0 spiro atoms. The smallest absolute Gasteiger partial charge is 0.306 e. The van der Waals surface area contributed by atoms with Crippen LogP contribution in [0.1, 0.15) is 335 Å². The minimum atomic E-state index is -0.776. The van der Waals surface area contributed by atoms with Crippen LogP contribution >= 0.6 is 0 Å². The highest BCUT2D eigenvalue weighted by Crippen LogP contribution is 2.17. The van der Waals surface area contributed by atoms with Gasteiger partial charge in [-0.25, -0.2) is 0 Å². The third kappa shape index (κ3) is 56.5. The highest BCUT2D eigenvalue weighted by atomic mass is 16.6. The molecule has 6 heteroatoms. The third-order valence-electron chi connectivity index (χ3n) is 13.9. The number of hydrogen-bond acceptors (Lipinski definition) is 6. The highest BCUT2D eigenvalue weighted by molar-refractivity contribution is 5.71. The van der Waals surface area contributed by atoms with Gasteiger partial charge in [-0.05, 0) is 77.0 Å². The summed E-state index contributed by atoms with van der Waals surface area (Å²) in [5.74, 6) is -0.863. The number of rotatable bonds is 57. The van der Waals surface area contributed by atoms with Gasteiger partial charge in [0.2, 0.25) is 0 Å². The number of allylic oxidation sites excluding steroid dienone is 6. The van der Waals surface area contributed by atoms with Gasteiger partial charge in [0, 0.05) is 19.3 Å². The quantitative estimate of drug-likeness (QED) is 0.0261. The number of ether oxygens (including phenoxy) is 3. The van der Waals surface area contributed by atoms with Gasteiger partial charge in [-0.2, -0.15) is 0 Å². The van der Waals surface area contributed by atoms with Crippen molar-refractivity contribution in [2.24, 2.45) is 0 Å². The van der Waals surface area contributed by atoms with Crippen molar-refractivity contribution in [2.75, 3.05) is 13.2 Å². The summed E-state index contributed by atoms with van der Waals surface area (Å²) in [5, 5.41) is 0. The van der Waals surface area contributed by atoms with Gasteiger partial charge in [-0.1, -0.05) is 276 Å². The Morgan fingerprint density at radius 1 is 0.286 bits per heavy atom. The van der Waals surface area contributed by atoms with Gasteiger partial charge in [0.05, 0.1) is 0 Å². The van der Waals surface area contributed by atoms with Crippen molar-refractivity contribution in [1.29, 1.82) is 0 Å². The molecule has 0 aromatic heterocycles. The second-order valence-electron chi connectivity index (χ2n) is 21.0. The molecule has 0 aliphatic rings. The second-order valence-corrected chi connectivity index (χ2v) is 21.0. The van der Waals surface area contributed by atoms with Crippen LogP contribution in [0.15, 0.2) is 36.5 Å². The van der Waals surface area contributed by atoms with E-state index in [1.165, 1.54) is 225 Å². The number of unbranched alkanes of at least 4 members (excludes halogenated alkanes) is 40. The lowest BCUT2D eigenvalue weighted by Crippen LogP contribution is -2.30. The SMILES string of the molecule is CCCCC/C=C\C/C=C\CCCCCCCCCC(=O)O[C@@H](COC(=O)CCCCCCCCC/C=C\CCCCCCCCCC)COC(=O)CCCCCCCCCCCCCCCCCC. The fourth-order valence-electron chi connectivity index (χ4n) is 9.18. The van der Waals surface area contributed by atoms with Gasteiger partial charge in [-0.15, -0.1) is 0 Å². The maximum atomic E-state index is 12.9. The summed E-state index contributed by atoms with van der Waals surface area (Å²) in [6.07, 6.45) is 71.4. The van der Waals surface area contributed by atoms with Gasteiger partial charge in [0.25, 0.3) is 0 Å². The Labute approximate surface area is 435 Å². The minimum Gasteiger partial charge on any atom is -0.462 e. The highest BCUT2D eigenvalue weighted by Gasteiger charge is 2.19. The van der Waals surface area contributed by atoms with E-state index in [9.17, 15) is 14.4 Å². The van der Waals surface area contributed by atoms with Gasteiger partial charge in [-0.3, -0.25) is 14.4 Å². The zero-order chi connectivity index (χ0) is 50.7. The van der Waals surface area contributed by atoms with Gasteiger partial charge >= 0.3 is 17.9 Å². The first-order valence-corrected chi connectivity index (χ1v) is 31.0. The van der Waals surface area contributed by atoms with Gasteiger partial charge in [0.1, 0.15) is 13.2 Å². The lowest BCUT2D eigenvalue weighted by atomic mass is 10.0. The van der Waals surface area contributed by atoms with Gasteiger partial charge in [0.15, 0.2) is 6.10 Å². The maximum absolute atomic E-state index is 12.9. The van der Waals surface area contributed by atoms with Crippen LogP contribution in [0.2, 0.25) is 0 Å². The number of esters is 3. The maximum Gasteiger partial charge on any atom is 0.306 e.